The number of hydrogen-bond acceptors (Lipinski definition) is 4. The maximum atomic E-state index is 6.15. The van der Waals surface area contributed by atoms with E-state index in [1.807, 2.05) is 12.1 Å². The predicted octanol–water partition coefficient (Wildman–Crippen LogP) is 3.59. The molecule has 0 radical (unpaired) electrons. The predicted molar refractivity (Wildman–Crippen MR) is 79.0 cm³/mol. The first-order valence-corrected chi connectivity index (χ1v) is 6.33. The normalized spacial score (nSPS) is 10.3. The highest BCUT2D eigenvalue weighted by Gasteiger charge is 2.08. The summed E-state index contributed by atoms with van der Waals surface area (Å²) in [5, 5.41) is 4.24. The Morgan fingerprint density at radius 3 is 2.84 bits per heavy atom. The Morgan fingerprint density at radius 1 is 1.37 bits per heavy atom. The topological polar surface area (TPSA) is 60.2 Å². The van der Waals surface area contributed by atoms with Crippen molar-refractivity contribution in [2.75, 3.05) is 18.2 Å². The van der Waals surface area contributed by atoms with Gasteiger partial charge >= 0.3 is 0 Å². The van der Waals surface area contributed by atoms with Crippen LogP contribution in [0.1, 0.15) is 5.56 Å². The molecule has 0 aliphatic heterocycles. The number of pyridine rings is 1. The highest BCUT2D eigenvalue weighted by Crippen LogP contribution is 2.28. The molecule has 1 heterocycles. The summed E-state index contributed by atoms with van der Waals surface area (Å²) in [6.07, 6.45) is 1.53. The lowest BCUT2D eigenvalue weighted by molar-refractivity contribution is 0.410. The van der Waals surface area contributed by atoms with E-state index in [1.54, 1.807) is 19.2 Å². The van der Waals surface area contributed by atoms with E-state index in [0.717, 1.165) is 5.56 Å². The molecule has 6 heteroatoms. The van der Waals surface area contributed by atoms with E-state index in [4.69, 9.17) is 33.7 Å². The third-order valence-corrected chi connectivity index (χ3v) is 3.17. The number of nitrogens with zero attached hydrogens (tertiary/aromatic N) is 1. The Kier molecular flexibility index (Phi) is 4.35. The molecule has 19 heavy (non-hydrogen) atoms. The van der Waals surface area contributed by atoms with Crippen molar-refractivity contribution in [3.8, 4) is 5.75 Å². The van der Waals surface area contributed by atoms with E-state index in [9.17, 15) is 0 Å². The van der Waals surface area contributed by atoms with Crippen LogP contribution in [0.3, 0.4) is 0 Å². The second-order valence-electron chi connectivity index (χ2n) is 3.87. The molecule has 1 aromatic heterocycles. The molecule has 2 aromatic rings. The van der Waals surface area contributed by atoms with Crippen LogP contribution < -0.4 is 15.8 Å². The summed E-state index contributed by atoms with van der Waals surface area (Å²) in [5.41, 5.74) is 7.16. The van der Waals surface area contributed by atoms with Gasteiger partial charge in [-0.1, -0.05) is 29.3 Å². The van der Waals surface area contributed by atoms with Crippen molar-refractivity contribution in [1.29, 1.82) is 0 Å². The molecule has 2 rings (SSSR count). The summed E-state index contributed by atoms with van der Waals surface area (Å²) in [5.74, 6) is 1.28. The lowest BCUT2D eigenvalue weighted by atomic mass is 10.2. The van der Waals surface area contributed by atoms with Gasteiger partial charge in [-0.3, -0.25) is 0 Å². The molecule has 0 unspecified atom stereocenters. The first-order valence-electron chi connectivity index (χ1n) is 5.58. The van der Waals surface area contributed by atoms with Crippen LogP contribution >= 0.6 is 23.2 Å². The molecule has 0 amide bonds. The number of hydrogen-bond donors (Lipinski definition) is 2. The number of nitrogen functional groups attached to an aromatic ring is 1. The fraction of sp³-hybridized carbons (Fsp3) is 0.154. The van der Waals surface area contributed by atoms with E-state index < -0.39 is 0 Å². The number of nitrogens with two attached hydrogens (primary N) is 1. The highest BCUT2D eigenvalue weighted by atomic mass is 35.5. The van der Waals surface area contributed by atoms with Crippen molar-refractivity contribution in [2.24, 2.45) is 0 Å². The quantitative estimate of drug-likeness (QED) is 0.905. The third kappa shape index (κ3) is 3.22. The molecule has 100 valence electrons. The Bertz CT molecular complexity index is 590. The first-order chi connectivity index (χ1) is 9.11. The number of aromatic nitrogens is 1. The van der Waals surface area contributed by atoms with Crippen molar-refractivity contribution in [3.63, 3.8) is 0 Å². The average molecular weight is 298 g/mol. The third-order valence-electron chi connectivity index (χ3n) is 2.61. The molecule has 4 nitrogen and oxygen atoms in total. The molecule has 0 bridgehead atoms. The Balaban J connectivity index is 2.19. The summed E-state index contributed by atoms with van der Waals surface area (Å²) in [7, 11) is 1.60. The maximum Gasteiger partial charge on any atom is 0.149 e. The summed E-state index contributed by atoms with van der Waals surface area (Å²) in [6, 6.07) is 7.13. The zero-order valence-electron chi connectivity index (χ0n) is 10.3. The van der Waals surface area contributed by atoms with Crippen molar-refractivity contribution in [1.82, 2.24) is 4.98 Å². The van der Waals surface area contributed by atoms with E-state index in [-0.39, 0.29) is 0 Å². The SMILES string of the molecule is COc1cccc(Cl)c1CNc1ncc(Cl)cc1N. The maximum absolute atomic E-state index is 6.15. The molecule has 0 aliphatic carbocycles. The van der Waals surface area contributed by atoms with Gasteiger partial charge in [-0.2, -0.15) is 0 Å². The monoisotopic (exact) mass is 297 g/mol. The van der Waals surface area contributed by atoms with Crippen LogP contribution in [0.15, 0.2) is 30.5 Å². The minimum atomic E-state index is 0.460. The van der Waals surface area contributed by atoms with E-state index in [2.05, 4.69) is 10.3 Å². The average Bonchev–Trinajstić information content (AvgIpc) is 2.39. The minimum absolute atomic E-state index is 0.460. The summed E-state index contributed by atoms with van der Waals surface area (Å²) < 4.78 is 5.27. The fourth-order valence-electron chi connectivity index (χ4n) is 1.68. The Morgan fingerprint density at radius 2 is 2.16 bits per heavy atom. The largest absolute Gasteiger partial charge is 0.496 e. The standard InChI is InChI=1S/C13H13Cl2N3O/c1-19-12-4-2-3-10(15)9(12)7-18-13-11(16)5-8(14)6-17-13/h2-6H,7,16H2,1H3,(H,17,18). The second kappa shape index (κ2) is 5.99. The zero-order valence-corrected chi connectivity index (χ0v) is 11.8. The van der Waals surface area contributed by atoms with Crippen molar-refractivity contribution >= 4 is 34.7 Å². The molecule has 1 aromatic carbocycles. The van der Waals surface area contributed by atoms with Gasteiger partial charge in [0, 0.05) is 23.3 Å². The van der Waals surface area contributed by atoms with Gasteiger partial charge in [0.05, 0.1) is 17.8 Å². The van der Waals surface area contributed by atoms with Gasteiger partial charge in [0.2, 0.25) is 0 Å². The van der Waals surface area contributed by atoms with Crippen LogP contribution in [0.4, 0.5) is 11.5 Å². The Labute approximate surface area is 121 Å². The lowest BCUT2D eigenvalue weighted by Gasteiger charge is -2.12. The highest BCUT2D eigenvalue weighted by molar-refractivity contribution is 6.31. The van der Waals surface area contributed by atoms with Gasteiger partial charge in [0.15, 0.2) is 0 Å². The van der Waals surface area contributed by atoms with E-state index in [0.29, 0.717) is 33.8 Å². The Hall–Kier alpha value is -1.65. The van der Waals surface area contributed by atoms with Gasteiger partial charge in [-0.25, -0.2) is 4.98 Å². The van der Waals surface area contributed by atoms with E-state index >= 15 is 0 Å². The van der Waals surface area contributed by atoms with E-state index in [1.165, 1.54) is 6.20 Å². The van der Waals surface area contributed by atoms with Crippen LogP contribution in [0.2, 0.25) is 10.0 Å². The van der Waals surface area contributed by atoms with Crippen LogP contribution in [0.5, 0.6) is 5.75 Å². The van der Waals surface area contributed by atoms with Crippen LogP contribution in [-0.4, -0.2) is 12.1 Å². The molecule has 0 atom stereocenters. The number of methoxy groups -OCH3 is 1. The number of nitrogens with one attached hydrogen (secondary N) is 1. The molecular formula is C13H13Cl2N3O. The molecule has 0 aliphatic rings. The smallest absolute Gasteiger partial charge is 0.149 e. The molecule has 0 saturated carbocycles. The van der Waals surface area contributed by atoms with Crippen LogP contribution in [0, 0.1) is 0 Å². The first kappa shape index (κ1) is 13.8. The summed E-state index contributed by atoms with van der Waals surface area (Å²) in [4.78, 5) is 4.13. The zero-order chi connectivity index (χ0) is 13.8. The molecule has 3 N–H and O–H groups in total. The van der Waals surface area contributed by atoms with Gasteiger partial charge in [-0.15, -0.1) is 0 Å². The molecule has 0 fully saturated rings. The van der Waals surface area contributed by atoms with Gasteiger partial charge < -0.3 is 15.8 Å². The van der Waals surface area contributed by atoms with Crippen LogP contribution in [-0.2, 0) is 6.54 Å². The summed E-state index contributed by atoms with van der Waals surface area (Å²) >= 11 is 11.9. The van der Waals surface area contributed by atoms with Crippen molar-refractivity contribution < 1.29 is 4.74 Å². The lowest BCUT2D eigenvalue weighted by Crippen LogP contribution is -2.06. The number of ether oxygens (including phenoxy) is 1. The summed E-state index contributed by atoms with van der Waals surface area (Å²) in [6.45, 7) is 0.460. The number of benzene rings is 1. The van der Waals surface area contributed by atoms with Gasteiger partial charge in [0.25, 0.3) is 0 Å². The van der Waals surface area contributed by atoms with Gasteiger partial charge in [0.1, 0.15) is 11.6 Å². The number of halogens is 2. The molecule has 0 spiro atoms. The van der Waals surface area contributed by atoms with Crippen LogP contribution in [0.25, 0.3) is 0 Å². The van der Waals surface area contributed by atoms with Crippen molar-refractivity contribution in [3.05, 3.63) is 46.1 Å². The minimum Gasteiger partial charge on any atom is -0.496 e. The van der Waals surface area contributed by atoms with Gasteiger partial charge in [-0.05, 0) is 18.2 Å². The fourth-order valence-corrected chi connectivity index (χ4v) is 2.08. The number of rotatable bonds is 4. The van der Waals surface area contributed by atoms with Crippen molar-refractivity contribution in [2.45, 2.75) is 6.54 Å². The molecule has 0 saturated heterocycles. The number of anilines is 2. The molecular weight excluding hydrogens is 285 g/mol. The second-order valence-corrected chi connectivity index (χ2v) is 4.71.